The van der Waals surface area contributed by atoms with Gasteiger partial charge in [0.05, 0.1) is 0 Å². The van der Waals surface area contributed by atoms with Crippen molar-refractivity contribution in [3.05, 3.63) is 29.8 Å². The smallest absolute Gasteiger partial charge is 0.170 e. The van der Waals surface area contributed by atoms with Crippen molar-refractivity contribution in [1.82, 2.24) is 10.6 Å². The average Bonchev–Trinajstić information content (AvgIpc) is 2.82. The van der Waals surface area contributed by atoms with Crippen LogP contribution in [-0.4, -0.2) is 17.2 Å². The third-order valence-corrected chi connectivity index (χ3v) is 5.21. The number of benzene rings is 1. The van der Waals surface area contributed by atoms with E-state index in [0.29, 0.717) is 17.2 Å². The van der Waals surface area contributed by atoms with Crippen molar-refractivity contribution in [2.75, 3.05) is 5.32 Å². The number of nitrogens with one attached hydrogen (secondary N) is 3. The van der Waals surface area contributed by atoms with Crippen molar-refractivity contribution < 1.29 is 0 Å². The highest BCUT2D eigenvalue weighted by atomic mass is 32.1. The van der Waals surface area contributed by atoms with Crippen LogP contribution < -0.4 is 16.0 Å². The highest BCUT2D eigenvalue weighted by Gasteiger charge is 2.15. The summed E-state index contributed by atoms with van der Waals surface area (Å²) in [7, 11) is 0. The van der Waals surface area contributed by atoms with Gasteiger partial charge in [-0.15, -0.1) is 0 Å². The van der Waals surface area contributed by atoms with E-state index in [2.05, 4.69) is 61.0 Å². The minimum atomic E-state index is 0.338. The normalized spacial score (nSPS) is 17.1. The Morgan fingerprint density at radius 3 is 2.44 bits per heavy atom. The molecule has 1 aromatic rings. The molecule has 140 valence electrons. The van der Waals surface area contributed by atoms with Crippen LogP contribution in [0.1, 0.15) is 71.3 Å². The molecule has 0 radical (unpaired) electrons. The SMILES string of the molecule is CC(C)NC(=S)Nc1ccccc1CN[C@@H](C)CC1CCCCCC1. The zero-order valence-electron chi connectivity index (χ0n) is 16.1. The maximum Gasteiger partial charge on any atom is 0.170 e. The van der Waals surface area contributed by atoms with Crippen molar-refractivity contribution >= 4 is 23.0 Å². The number of para-hydroxylation sites is 1. The van der Waals surface area contributed by atoms with Gasteiger partial charge in [0.25, 0.3) is 0 Å². The molecule has 0 bridgehead atoms. The molecule has 25 heavy (non-hydrogen) atoms. The van der Waals surface area contributed by atoms with E-state index in [9.17, 15) is 0 Å². The van der Waals surface area contributed by atoms with Gasteiger partial charge >= 0.3 is 0 Å². The maximum absolute atomic E-state index is 5.39. The predicted molar refractivity (Wildman–Crippen MR) is 113 cm³/mol. The summed E-state index contributed by atoms with van der Waals surface area (Å²) in [6, 6.07) is 9.31. The minimum absolute atomic E-state index is 0.338. The molecule has 0 unspecified atom stereocenters. The second kappa shape index (κ2) is 10.8. The van der Waals surface area contributed by atoms with Crippen molar-refractivity contribution in [1.29, 1.82) is 0 Å². The standard InChI is InChI=1S/C21H35N3S/c1-16(2)23-21(25)24-20-13-9-8-12-19(20)15-22-17(3)14-18-10-6-4-5-7-11-18/h8-9,12-13,16-18,22H,4-7,10-11,14-15H2,1-3H3,(H2,23,24,25)/t17-/m0/s1. The van der Waals surface area contributed by atoms with Crippen LogP contribution in [0.4, 0.5) is 5.69 Å². The number of hydrogen-bond donors (Lipinski definition) is 3. The lowest BCUT2D eigenvalue weighted by molar-refractivity contribution is 0.363. The molecule has 0 amide bonds. The Bertz CT molecular complexity index is 522. The van der Waals surface area contributed by atoms with Crippen LogP contribution in [0.5, 0.6) is 0 Å². The monoisotopic (exact) mass is 361 g/mol. The van der Waals surface area contributed by atoms with Crippen molar-refractivity contribution in [3.8, 4) is 0 Å². The van der Waals surface area contributed by atoms with Crippen LogP contribution in [0.25, 0.3) is 0 Å². The number of hydrogen-bond acceptors (Lipinski definition) is 2. The van der Waals surface area contributed by atoms with Crippen LogP contribution in [0.15, 0.2) is 24.3 Å². The number of thiocarbonyl (C=S) groups is 1. The Kier molecular flexibility index (Phi) is 8.70. The quantitative estimate of drug-likeness (QED) is 0.460. The molecule has 3 N–H and O–H groups in total. The highest BCUT2D eigenvalue weighted by Crippen LogP contribution is 2.26. The molecule has 4 heteroatoms. The first-order valence-corrected chi connectivity index (χ1v) is 10.3. The lowest BCUT2D eigenvalue weighted by Gasteiger charge is -2.21. The summed E-state index contributed by atoms with van der Waals surface area (Å²) < 4.78 is 0. The molecule has 0 saturated heterocycles. The summed E-state index contributed by atoms with van der Waals surface area (Å²) >= 11 is 5.39. The maximum atomic E-state index is 5.39. The second-order valence-electron chi connectivity index (χ2n) is 7.79. The Labute approximate surface area is 159 Å². The van der Waals surface area contributed by atoms with E-state index in [1.54, 1.807) is 0 Å². The molecule has 1 atom stereocenters. The van der Waals surface area contributed by atoms with E-state index in [1.165, 1.54) is 50.5 Å². The predicted octanol–water partition coefficient (Wildman–Crippen LogP) is 5.22. The molecule has 2 rings (SSSR count). The summed E-state index contributed by atoms with van der Waals surface area (Å²) in [5, 5.41) is 11.0. The fourth-order valence-corrected chi connectivity index (χ4v) is 4.03. The lowest BCUT2D eigenvalue weighted by Crippen LogP contribution is -2.34. The summed E-state index contributed by atoms with van der Waals surface area (Å²) in [5.41, 5.74) is 2.36. The van der Waals surface area contributed by atoms with Crippen molar-refractivity contribution in [2.45, 2.75) is 84.3 Å². The second-order valence-corrected chi connectivity index (χ2v) is 8.19. The van der Waals surface area contributed by atoms with E-state index in [4.69, 9.17) is 12.2 Å². The van der Waals surface area contributed by atoms with Crippen LogP contribution >= 0.6 is 12.2 Å². The molecule has 1 aliphatic carbocycles. The summed E-state index contributed by atoms with van der Waals surface area (Å²) in [6.45, 7) is 7.39. The topological polar surface area (TPSA) is 36.1 Å². The molecule has 3 nitrogen and oxygen atoms in total. The molecular weight excluding hydrogens is 326 g/mol. The lowest BCUT2D eigenvalue weighted by atomic mass is 9.93. The average molecular weight is 362 g/mol. The first-order chi connectivity index (χ1) is 12.0. The zero-order chi connectivity index (χ0) is 18.1. The number of rotatable bonds is 7. The first-order valence-electron chi connectivity index (χ1n) is 9.93. The molecule has 1 aliphatic rings. The highest BCUT2D eigenvalue weighted by molar-refractivity contribution is 7.80. The zero-order valence-corrected chi connectivity index (χ0v) is 16.9. The number of anilines is 1. The van der Waals surface area contributed by atoms with Gasteiger partial charge in [-0.05, 0) is 57.0 Å². The van der Waals surface area contributed by atoms with Gasteiger partial charge in [0.2, 0.25) is 0 Å². The molecule has 0 spiro atoms. The molecule has 1 saturated carbocycles. The molecule has 1 aromatic carbocycles. The van der Waals surface area contributed by atoms with Crippen LogP contribution in [0.2, 0.25) is 0 Å². The van der Waals surface area contributed by atoms with Gasteiger partial charge in [-0.1, -0.05) is 56.7 Å². The molecular formula is C21H35N3S. The van der Waals surface area contributed by atoms with E-state index < -0.39 is 0 Å². The Balaban J connectivity index is 1.84. The van der Waals surface area contributed by atoms with E-state index in [0.717, 1.165) is 18.2 Å². The van der Waals surface area contributed by atoms with Crippen LogP contribution in [0.3, 0.4) is 0 Å². The Hall–Kier alpha value is -1.13. The largest absolute Gasteiger partial charge is 0.360 e. The van der Waals surface area contributed by atoms with Crippen LogP contribution in [0, 0.1) is 5.92 Å². The minimum Gasteiger partial charge on any atom is -0.360 e. The fraction of sp³-hybridized carbons (Fsp3) is 0.667. The van der Waals surface area contributed by atoms with E-state index in [-0.39, 0.29) is 0 Å². The third-order valence-electron chi connectivity index (χ3n) is 4.99. The van der Waals surface area contributed by atoms with Gasteiger partial charge in [-0.3, -0.25) is 0 Å². The summed E-state index contributed by atoms with van der Waals surface area (Å²) in [6.07, 6.45) is 9.83. The summed E-state index contributed by atoms with van der Waals surface area (Å²) in [5.74, 6) is 0.904. The molecule has 1 fully saturated rings. The van der Waals surface area contributed by atoms with Crippen LogP contribution in [-0.2, 0) is 6.54 Å². The molecule has 0 aliphatic heterocycles. The molecule has 0 aromatic heterocycles. The van der Waals surface area contributed by atoms with Gasteiger partial charge < -0.3 is 16.0 Å². The summed E-state index contributed by atoms with van der Waals surface area (Å²) in [4.78, 5) is 0. The first kappa shape index (κ1) is 20.2. The molecule has 0 heterocycles. The van der Waals surface area contributed by atoms with Gasteiger partial charge in [0.1, 0.15) is 0 Å². The fourth-order valence-electron chi connectivity index (χ4n) is 3.68. The van der Waals surface area contributed by atoms with E-state index in [1.807, 2.05) is 0 Å². The van der Waals surface area contributed by atoms with Crippen molar-refractivity contribution in [3.63, 3.8) is 0 Å². The van der Waals surface area contributed by atoms with Gasteiger partial charge in [-0.25, -0.2) is 0 Å². The van der Waals surface area contributed by atoms with Gasteiger partial charge in [0.15, 0.2) is 5.11 Å². The third kappa shape index (κ3) is 7.74. The van der Waals surface area contributed by atoms with Crippen molar-refractivity contribution in [2.24, 2.45) is 5.92 Å². The Morgan fingerprint density at radius 2 is 1.76 bits per heavy atom. The van der Waals surface area contributed by atoms with Gasteiger partial charge in [-0.2, -0.15) is 0 Å². The van der Waals surface area contributed by atoms with Gasteiger partial charge in [0, 0.05) is 24.3 Å². The Morgan fingerprint density at radius 1 is 1.08 bits per heavy atom. The van der Waals surface area contributed by atoms with E-state index >= 15 is 0 Å².